The molecule has 0 aliphatic carbocycles. The molecule has 0 saturated carbocycles. The first-order valence-corrected chi connectivity index (χ1v) is 6.10. The summed E-state index contributed by atoms with van der Waals surface area (Å²) in [4.78, 5) is 12.9. The number of pyridine rings is 1. The summed E-state index contributed by atoms with van der Waals surface area (Å²) >= 11 is 0. The van der Waals surface area contributed by atoms with Crippen molar-refractivity contribution in [2.45, 2.75) is 13.0 Å². The number of hydrogen-bond acceptors (Lipinski definition) is 4. The zero-order chi connectivity index (χ0) is 13.1. The minimum atomic E-state index is 0.804. The number of aryl methyl sites for hydroxylation is 3. The van der Waals surface area contributed by atoms with Crippen LogP contribution < -0.4 is 0 Å². The Labute approximate surface area is 110 Å². The Bertz CT molecular complexity index is 655. The molecule has 6 nitrogen and oxygen atoms in total. The van der Waals surface area contributed by atoms with E-state index < -0.39 is 0 Å². The zero-order valence-electron chi connectivity index (χ0n) is 10.6. The maximum atomic E-state index is 4.37. The second-order valence-electron chi connectivity index (χ2n) is 4.21. The molecule has 0 aromatic carbocycles. The quantitative estimate of drug-likeness (QED) is 0.704. The van der Waals surface area contributed by atoms with Gasteiger partial charge >= 0.3 is 0 Å². The molecular weight excluding hydrogens is 240 g/mol. The predicted molar refractivity (Wildman–Crippen MR) is 70.2 cm³/mol. The van der Waals surface area contributed by atoms with Crippen molar-refractivity contribution >= 4 is 0 Å². The lowest BCUT2D eigenvalue weighted by Gasteiger charge is -2.06. The second kappa shape index (κ2) is 5.01. The van der Waals surface area contributed by atoms with Crippen LogP contribution in [0.2, 0.25) is 0 Å². The van der Waals surface area contributed by atoms with E-state index in [0.717, 1.165) is 30.3 Å². The van der Waals surface area contributed by atoms with Crippen molar-refractivity contribution < 1.29 is 0 Å². The van der Waals surface area contributed by atoms with Crippen molar-refractivity contribution in [3.8, 4) is 11.5 Å². The van der Waals surface area contributed by atoms with Crippen LogP contribution in [-0.4, -0.2) is 29.3 Å². The Balaban J connectivity index is 1.80. The maximum Gasteiger partial charge on any atom is 0.158 e. The van der Waals surface area contributed by atoms with Gasteiger partial charge in [-0.3, -0.25) is 9.67 Å². The van der Waals surface area contributed by atoms with Crippen molar-refractivity contribution in [2.75, 3.05) is 0 Å². The number of imidazole rings is 1. The van der Waals surface area contributed by atoms with Crippen LogP contribution in [0.5, 0.6) is 0 Å². The highest BCUT2D eigenvalue weighted by Gasteiger charge is 2.08. The van der Waals surface area contributed by atoms with Gasteiger partial charge in [0, 0.05) is 38.6 Å². The van der Waals surface area contributed by atoms with E-state index in [-0.39, 0.29) is 0 Å². The van der Waals surface area contributed by atoms with Crippen LogP contribution in [0.4, 0.5) is 0 Å². The van der Waals surface area contributed by atoms with Crippen LogP contribution in [0.25, 0.3) is 11.5 Å². The largest absolute Gasteiger partial charge is 0.329 e. The topological polar surface area (TPSA) is 61.4 Å². The van der Waals surface area contributed by atoms with Crippen LogP contribution in [0, 0.1) is 0 Å². The summed E-state index contributed by atoms with van der Waals surface area (Å²) < 4.78 is 3.87. The van der Waals surface area contributed by atoms with Crippen LogP contribution in [0.3, 0.4) is 0 Å². The molecule has 3 rings (SSSR count). The highest BCUT2D eigenvalue weighted by atomic mass is 15.3. The first-order chi connectivity index (χ1) is 9.34. The predicted octanol–water partition coefficient (Wildman–Crippen LogP) is 1.32. The minimum Gasteiger partial charge on any atom is -0.329 e. The summed E-state index contributed by atoms with van der Waals surface area (Å²) in [5.74, 6) is 1.84. The van der Waals surface area contributed by atoms with Gasteiger partial charge in [0.25, 0.3) is 0 Å². The molecule has 0 atom stereocenters. The Kier molecular flexibility index (Phi) is 3.06. The summed E-state index contributed by atoms with van der Waals surface area (Å²) in [6.07, 6.45) is 7.91. The van der Waals surface area contributed by atoms with Crippen molar-refractivity contribution in [3.63, 3.8) is 0 Å². The maximum absolute atomic E-state index is 4.37. The van der Waals surface area contributed by atoms with Gasteiger partial charge in [0.05, 0.1) is 0 Å². The molecule has 0 radical (unpaired) electrons. The van der Waals surface area contributed by atoms with Gasteiger partial charge < -0.3 is 4.57 Å². The average molecular weight is 254 g/mol. The molecule has 0 unspecified atom stereocenters. The van der Waals surface area contributed by atoms with Crippen LogP contribution in [0.15, 0.2) is 43.1 Å². The Morgan fingerprint density at radius 1 is 1.11 bits per heavy atom. The van der Waals surface area contributed by atoms with Crippen LogP contribution in [0.1, 0.15) is 5.82 Å². The molecule has 19 heavy (non-hydrogen) atoms. The molecule has 0 N–H and O–H groups in total. The van der Waals surface area contributed by atoms with E-state index in [1.54, 1.807) is 23.4 Å². The van der Waals surface area contributed by atoms with Gasteiger partial charge in [-0.15, -0.1) is 0 Å². The Hall–Kier alpha value is -2.50. The fourth-order valence-corrected chi connectivity index (χ4v) is 1.98. The van der Waals surface area contributed by atoms with E-state index in [0.29, 0.717) is 0 Å². The second-order valence-corrected chi connectivity index (χ2v) is 4.21. The normalized spacial score (nSPS) is 10.8. The molecule has 0 aliphatic heterocycles. The van der Waals surface area contributed by atoms with Crippen LogP contribution >= 0.6 is 0 Å². The summed E-state index contributed by atoms with van der Waals surface area (Å²) in [6.45, 7) is 0.804. The van der Waals surface area contributed by atoms with Gasteiger partial charge in [0.2, 0.25) is 0 Å². The monoisotopic (exact) mass is 254 g/mol. The third kappa shape index (κ3) is 2.37. The van der Waals surface area contributed by atoms with E-state index in [2.05, 4.69) is 24.6 Å². The van der Waals surface area contributed by atoms with E-state index in [1.165, 1.54) is 0 Å². The third-order valence-electron chi connectivity index (χ3n) is 2.99. The summed E-state index contributed by atoms with van der Waals surface area (Å²) in [5.41, 5.74) is 0.880. The van der Waals surface area contributed by atoms with E-state index in [4.69, 9.17) is 0 Å². The molecule has 6 heteroatoms. The molecule has 3 aromatic heterocycles. The molecule has 0 aliphatic rings. The summed E-state index contributed by atoms with van der Waals surface area (Å²) in [7, 11) is 1.90. The standard InChI is InChI=1S/C13H14N6/c1-18-12(16-10-17-18)5-8-19-9-7-15-13(19)11-4-2-3-6-14-11/h2-4,6-7,9-10H,5,8H2,1H3. The molecule has 0 bridgehead atoms. The molecular formula is C13H14N6. The first kappa shape index (κ1) is 11.6. The fourth-order valence-electron chi connectivity index (χ4n) is 1.98. The molecule has 3 aromatic rings. The van der Waals surface area contributed by atoms with Crippen molar-refractivity contribution in [2.24, 2.45) is 7.05 Å². The van der Waals surface area contributed by atoms with Gasteiger partial charge in [0.1, 0.15) is 17.8 Å². The van der Waals surface area contributed by atoms with Gasteiger partial charge in [0.15, 0.2) is 5.82 Å². The summed E-state index contributed by atoms with van der Waals surface area (Å²) in [6, 6.07) is 5.82. The Morgan fingerprint density at radius 3 is 2.79 bits per heavy atom. The number of nitrogens with zero attached hydrogens (tertiary/aromatic N) is 6. The van der Waals surface area contributed by atoms with Gasteiger partial charge in [-0.05, 0) is 12.1 Å². The average Bonchev–Trinajstić information content (AvgIpc) is 3.06. The van der Waals surface area contributed by atoms with Crippen LogP contribution in [-0.2, 0) is 20.0 Å². The minimum absolute atomic E-state index is 0.804. The Morgan fingerprint density at radius 2 is 2.05 bits per heavy atom. The summed E-state index contributed by atoms with van der Waals surface area (Å²) in [5, 5.41) is 4.07. The lowest BCUT2D eigenvalue weighted by molar-refractivity contribution is 0.629. The van der Waals surface area contributed by atoms with E-state index in [1.807, 2.05) is 31.4 Å². The van der Waals surface area contributed by atoms with Gasteiger partial charge in [-0.25, -0.2) is 9.97 Å². The van der Waals surface area contributed by atoms with E-state index in [9.17, 15) is 0 Å². The van der Waals surface area contributed by atoms with E-state index >= 15 is 0 Å². The zero-order valence-corrected chi connectivity index (χ0v) is 10.6. The lowest BCUT2D eigenvalue weighted by atomic mass is 10.3. The first-order valence-electron chi connectivity index (χ1n) is 6.10. The smallest absolute Gasteiger partial charge is 0.158 e. The van der Waals surface area contributed by atoms with Gasteiger partial charge in [-0.1, -0.05) is 6.07 Å². The highest BCUT2D eigenvalue weighted by molar-refractivity contribution is 5.48. The lowest BCUT2D eigenvalue weighted by Crippen LogP contribution is -2.07. The highest BCUT2D eigenvalue weighted by Crippen LogP contribution is 2.14. The van der Waals surface area contributed by atoms with Crippen molar-refractivity contribution in [3.05, 3.63) is 48.9 Å². The fraction of sp³-hybridized carbons (Fsp3) is 0.231. The van der Waals surface area contributed by atoms with Crippen molar-refractivity contribution in [1.82, 2.24) is 29.3 Å². The SMILES string of the molecule is Cn1ncnc1CCn1ccnc1-c1ccccn1. The molecule has 0 fully saturated rings. The molecule has 96 valence electrons. The molecule has 3 heterocycles. The molecule has 0 amide bonds. The van der Waals surface area contributed by atoms with Gasteiger partial charge in [-0.2, -0.15) is 5.10 Å². The number of aromatic nitrogens is 6. The van der Waals surface area contributed by atoms with Crippen molar-refractivity contribution in [1.29, 1.82) is 0 Å². The molecule has 0 saturated heterocycles. The molecule has 0 spiro atoms. The third-order valence-corrected chi connectivity index (χ3v) is 2.99. The number of rotatable bonds is 4. The number of hydrogen-bond donors (Lipinski definition) is 0.